The zero-order valence-corrected chi connectivity index (χ0v) is 12.0. The van der Waals surface area contributed by atoms with Crippen LogP contribution in [0.3, 0.4) is 0 Å². The van der Waals surface area contributed by atoms with Crippen LogP contribution in [0.25, 0.3) is 0 Å². The molecule has 0 radical (unpaired) electrons. The third-order valence-corrected chi connectivity index (χ3v) is 4.11. The van der Waals surface area contributed by atoms with Gasteiger partial charge in [-0.05, 0) is 11.1 Å². The van der Waals surface area contributed by atoms with Gasteiger partial charge in [-0.15, -0.1) is 0 Å². The van der Waals surface area contributed by atoms with Crippen LogP contribution in [0.5, 0.6) is 0 Å². The smallest absolute Gasteiger partial charge is 0.0602 e. The summed E-state index contributed by atoms with van der Waals surface area (Å²) in [5, 5.41) is 12.6. The van der Waals surface area contributed by atoms with Crippen LogP contribution in [-0.2, 0) is 6.54 Å². The number of benzene rings is 2. The molecule has 1 unspecified atom stereocenters. The molecule has 2 aromatic rings. The molecule has 1 heterocycles. The third-order valence-electron chi connectivity index (χ3n) is 4.11. The molecule has 0 aliphatic carbocycles. The highest BCUT2D eigenvalue weighted by Crippen LogP contribution is 2.30. The van der Waals surface area contributed by atoms with Crippen LogP contribution < -0.4 is 0 Å². The van der Waals surface area contributed by atoms with Crippen molar-refractivity contribution in [2.75, 3.05) is 6.54 Å². The lowest BCUT2D eigenvalue weighted by molar-refractivity contribution is 0.179. The lowest BCUT2D eigenvalue weighted by atomic mass is 9.93. The minimum atomic E-state index is 0.283. The third kappa shape index (κ3) is 3.31. The van der Waals surface area contributed by atoms with Gasteiger partial charge < -0.3 is 5.21 Å². The first-order chi connectivity index (χ1) is 10.4. The fraction of sp³-hybridized carbons (Fsp3) is 0.278. The van der Waals surface area contributed by atoms with Crippen LogP contribution in [0.15, 0.2) is 65.8 Å². The van der Waals surface area contributed by atoms with Crippen molar-refractivity contribution >= 4 is 5.71 Å². The van der Waals surface area contributed by atoms with E-state index in [-0.39, 0.29) is 6.04 Å². The molecule has 3 nitrogen and oxygen atoms in total. The summed E-state index contributed by atoms with van der Waals surface area (Å²) < 4.78 is 0. The van der Waals surface area contributed by atoms with Gasteiger partial charge in [-0.2, -0.15) is 0 Å². The van der Waals surface area contributed by atoms with Crippen LogP contribution in [-0.4, -0.2) is 22.4 Å². The van der Waals surface area contributed by atoms with Crippen molar-refractivity contribution in [3.05, 3.63) is 71.8 Å². The van der Waals surface area contributed by atoms with Gasteiger partial charge in [0.1, 0.15) is 0 Å². The lowest BCUT2D eigenvalue weighted by Crippen LogP contribution is -2.36. The Labute approximate surface area is 125 Å². The number of nitrogens with zero attached hydrogens (tertiary/aromatic N) is 2. The molecule has 1 saturated heterocycles. The van der Waals surface area contributed by atoms with E-state index in [1.54, 1.807) is 0 Å². The summed E-state index contributed by atoms with van der Waals surface area (Å²) in [7, 11) is 0. The number of hydrogen-bond donors (Lipinski definition) is 1. The Balaban J connectivity index is 1.83. The largest absolute Gasteiger partial charge is 0.411 e. The SMILES string of the molecule is O/N=C1\CCN(Cc2ccccc2)C(c2ccccc2)C1. The number of hydrogen-bond acceptors (Lipinski definition) is 3. The Morgan fingerprint density at radius 1 is 1.00 bits per heavy atom. The highest BCUT2D eigenvalue weighted by molar-refractivity contribution is 5.85. The molecule has 1 aliphatic heterocycles. The van der Waals surface area contributed by atoms with Crippen molar-refractivity contribution in [2.45, 2.75) is 25.4 Å². The maximum absolute atomic E-state index is 9.10. The van der Waals surface area contributed by atoms with E-state index in [2.05, 4.69) is 58.6 Å². The summed E-state index contributed by atoms with van der Waals surface area (Å²) >= 11 is 0. The molecule has 3 rings (SSSR count). The fourth-order valence-corrected chi connectivity index (χ4v) is 2.98. The highest BCUT2D eigenvalue weighted by atomic mass is 16.4. The van der Waals surface area contributed by atoms with Crippen LogP contribution >= 0.6 is 0 Å². The van der Waals surface area contributed by atoms with Crippen molar-refractivity contribution < 1.29 is 5.21 Å². The van der Waals surface area contributed by atoms with Crippen LogP contribution in [0.1, 0.15) is 30.0 Å². The minimum Gasteiger partial charge on any atom is -0.411 e. The van der Waals surface area contributed by atoms with Gasteiger partial charge in [0.15, 0.2) is 0 Å². The van der Waals surface area contributed by atoms with E-state index in [0.717, 1.165) is 31.6 Å². The molecule has 108 valence electrons. The maximum Gasteiger partial charge on any atom is 0.0602 e. The maximum atomic E-state index is 9.10. The first-order valence-corrected chi connectivity index (χ1v) is 7.39. The second-order valence-corrected chi connectivity index (χ2v) is 5.50. The zero-order valence-electron chi connectivity index (χ0n) is 12.0. The molecule has 0 saturated carbocycles. The zero-order chi connectivity index (χ0) is 14.5. The van der Waals surface area contributed by atoms with E-state index in [9.17, 15) is 0 Å². The standard InChI is InChI=1S/C18H20N2O/c21-19-17-11-12-20(14-15-7-3-1-4-8-15)18(13-17)16-9-5-2-6-10-16/h1-10,18,21H,11-14H2/b19-17+. The molecule has 1 atom stereocenters. The van der Waals surface area contributed by atoms with Crippen molar-refractivity contribution in [2.24, 2.45) is 5.16 Å². The molecule has 0 amide bonds. The summed E-state index contributed by atoms with van der Waals surface area (Å²) in [5.74, 6) is 0. The number of oxime groups is 1. The number of rotatable bonds is 3. The van der Waals surface area contributed by atoms with Crippen molar-refractivity contribution in [3.63, 3.8) is 0 Å². The van der Waals surface area contributed by atoms with Crippen molar-refractivity contribution in [1.29, 1.82) is 0 Å². The molecule has 0 bridgehead atoms. The topological polar surface area (TPSA) is 35.8 Å². The Bertz CT molecular complexity index is 595. The van der Waals surface area contributed by atoms with Gasteiger partial charge in [0, 0.05) is 32.0 Å². The predicted octanol–water partition coefficient (Wildman–Crippen LogP) is 3.85. The van der Waals surface area contributed by atoms with Crippen molar-refractivity contribution in [1.82, 2.24) is 4.90 Å². The average molecular weight is 280 g/mol. The number of piperidine rings is 1. The van der Waals surface area contributed by atoms with Crippen LogP contribution in [0, 0.1) is 0 Å². The van der Waals surface area contributed by atoms with E-state index in [1.807, 2.05) is 12.1 Å². The molecule has 0 spiro atoms. The van der Waals surface area contributed by atoms with E-state index in [0.29, 0.717) is 0 Å². The predicted molar refractivity (Wildman–Crippen MR) is 84.5 cm³/mol. The van der Waals surface area contributed by atoms with Gasteiger partial charge in [0.05, 0.1) is 5.71 Å². The van der Waals surface area contributed by atoms with Gasteiger partial charge in [0.2, 0.25) is 0 Å². The lowest BCUT2D eigenvalue weighted by Gasteiger charge is -2.36. The first kappa shape index (κ1) is 13.8. The van der Waals surface area contributed by atoms with Gasteiger partial charge in [0.25, 0.3) is 0 Å². The van der Waals surface area contributed by atoms with E-state index >= 15 is 0 Å². The van der Waals surface area contributed by atoms with Crippen LogP contribution in [0.4, 0.5) is 0 Å². The minimum absolute atomic E-state index is 0.283. The summed E-state index contributed by atoms with van der Waals surface area (Å²) in [6.07, 6.45) is 1.64. The van der Waals surface area contributed by atoms with Crippen molar-refractivity contribution in [3.8, 4) is 0 Å². The van der Waals surface area contributed by atoms with Gasteiger partial charge in [-0.1, -0.05) is 65.8 Å². The molecule has 0 aromatic heterocycles. The summed E-state index contributed by atoms with van der Waals surface area (Å²) in [6, 6.07) is 21.3. The van der Waals surface area contributed by atoms with E-state index in [1.165, 1.54) is 11.1 Å². The second-order valence-electron chi connectivity index (χ2n) is 5.50. The average Bonchev–Trinajstić information content (AvgIpc) is 2.57. The molecular weight excluding hydrogens is 260 g/mol. The van der Waals surface area contributed by atoms with Crippen LogP contribution in [0.2, 0.25) is 0 Å². The second kappa shape index (κ2) is 6.55. The summed E-state index contributed by atoms with van der Waals surface area (Å²) in [6.45, 7) is 1.85. The fourth-order valence-electron chi connectivity index (χ4n) is 2.98. The number of likely N-dealkylation sites (tertiary alicyclic amines) is 1. The van der Waals surface area contributed by atoms with Gasteiger partial charge >= 0.3 is 0 Å². The van der Waals surface area contributed by atoms with E-state index in [4.69, 9.17) is 5.21 Å². The Kier molecular flexibility index (Phi) is 4.31. The quantitative estimate of drug-likeness (QED) is 0.684. The Hall–Kier alpha value is -2.13. The summed E-state index contributed by atoms with van der Waals surface area (Å²) in [5.41, 5.74) is 3.50. The van der Waals surface area contributed by atoms with Gasteiger partial charge in [-0.25, -0.2) is 0 Å². The molecule has 3 heteroatoms. The molecule has 1 fully saturated rings. The normalized spacial score (nSPS) is 21.5. The molecule has 21 heavy (non-hydrogen) atoms. The Morgan fingerprint density at radius 2 is 1.67 bits per heavy atom. The molecular formula is C18H20N2O. The summed E-state index contributed by atoms with van der Waals surface area (Å²) in [4.78, 5) is 2.47. The molecule has 1 aliphatic rings. The monoisotopic (exact) mass is 280 g/mol. The Morgan fingerprint density at radius 3 is 2.33 bits per heavy atom. The first-order valence-electron chi connectivity index (χ1n) is 7.39. The van der Waals surface area contributed by atoms with E-state index < -0.39 is 0 Å². The molecule has 1 N–H and O–H groups in total. The molecule has 2 aromatic carbocycles. The highest BCUT2D eigenvalue weighted by Gasteiger charge is 2.27. The van der Waals surface area contributed by atoms with Gasteiger partial charge in [-0.3, -0.25) is 4.90 Å².